The van der Waals surface area contributed by atoms with E-state index in [2.05, 4.69) is 5.32 Å². The van der Waals surface area contributed by atoms with E-state index in [0.29, 0.717) is 19.0 Å². The maximum absolute atomic E-state index is 11.9. The summed E-state index contributed by atoms with van der Waals surface area (Å²) in [6, 6.07) is -1.19. The number of amides is 2. The zero-order valence-electron chi connectivity index (χ0n) is 11.9. The summed E-state index contributed by atoms with van der Waals surface area (Å²) in [4.78, 5) is 26.3. The largest absolute Gasteiger partial charge is 0.480 e. The third-order valence-corrected chi connectivity index (χ3v) is 2.40. The van der Waals surface area contributed by atoms with Gasteiger partial charge in [-0.05, 0) is 26.9 Å². The predicted octanol–water partition coefficient (Wildman–Crippen LogP) is 0.689. The maximum atomic E-state index is 11.9. The van der Waals surface area contributed by atoms with Crippen LogP contribution in [0.1, 0.15) is 20.8 Å². The molecule has 0 aromatic heterocycles. The van der Waals surface area contributed by atoms with Gasteiger partial charge in [0.15, 0.2) is 0 Å². The Hall–Kier alpha value is -1.30. The molecule has 0 spiro atoms. The fraction of sp³-hybridized carbons (Fsp3) is 0.833. The van der Waals surface area contributed by atoms with Crippen LogP contribution >= 0.6 is 0 Å². The van der Waals surface area contributed by atoms with E-state index in [-0.39, 0.29) is 6.03 Å². The van der Waals surface area contributed by atoms with Crippen LogP contribution in [0, 0.1) is 5.92 Å². The van der Waals surface area contributed by atoms with E-state index in [9.17, 15) is 9.59 Å². The lowest BCUT2D eigenvalue weighted by Crippen LogP contribution is -2.49. The van der Waals surface area contributed by atoms with Crippen LogP contribution in [0.25, 0.3) is 0 Å². The van der Waals surface area contributed by atoms with Gasteiger partial charge in [0.1, 0.15) is 6.04 Å². The van der Waals surface area contributed by atoms with Crippen molar-refractivity contribution in [3.63, 3.8) is 0 Å². The van der Waals surface area contributed by atoms with Crippen molar-refractivity contribution in [1.82, 2.24) is 15.1 Å². The number of carboxylic acid groups (broad SMARTS) is 1. The van der Waals surface area contributed by atoms with Gasteiger partial charge in [0.25, 0.3) is 0 Å². The molecule has 0 saturated heterocycles. The van der Waals surface area contributed by atoms with Crippen LogP contribution in [-0.4, -0.2) is 66.7 Å². The molecule has 0 aliphatic heterocycles. The molecule has 0 aliphatic carbocycles. The minimum atomic E-state index is -1.03. The molecule has 0 saturated carbocycles. The Morgan fingerprint density at radius 1 is 1.17 bits per heavy atom. The maximum Gasteiger partial charge on any atom is 0.325 e. The highest BCUT2D eigenvalue weighted by Gasteiger charge is 2.19. The Labute approximate surface area is 109 Å². The lowest BCUT2D eigenvalue weighted by molar-refractivity contribution is -0.138. The number of urea groups is 1. The normalized spacial score (nSPS) is 12.6. The number of nitrogens with zero attached hydrogens (tertiary/aromatic N) is 2. The summed E-state index contributed by atoms with van der Waals surface area (Å²) >= 11 is 0. The Kier molecular flexibility index (Phi) is 7.35. The fourth-order valence-electron chi connectivity index (χ4n) is 1.38. The molecule has 0 aromatic rings. The molecule has 0 aromatic carbocycles. The Balaban J connectivity index is 4.43. The van der Waals surface area contributed by atoms with Gasteiger partial charge < -0.3 is 20.2 Å². The molecule has 0 rings (SSSR count). The Morgan fingerprint density at radius 3 is 2.11 bits per heavy atom. The molecule has 0 radical (unpaired) electrons. The van der Waals surface area contributed by atoms with Gasteiger partial charge >= 0.3 is 12.0 Å². The molecule has 1 atom stereocenters. The quantitative estimate of drug-likeness (QED) is 0.705. The molecular formula is C12H25N3O3. The summed E-state index contributed by atoms with van der Waals surface area (Å²) in [6.45, 7) is 7.46. The Morgan fingerprint density at radius 2 is 1.72 bits per heavy atom. The number of hydrogen-bond acceptors (Lipinski definition) is 3. The highest BCUT2D eigenvalue weighted by molar-refractivity contribution is 5.82. The van der Waals surface area contributed by atoms with E-state index in [1.54, 1.807) is 4.90 Å². The molecule has 6 nitrogen and oxygen atoms in total. The molecule has 0 fully saturated rings. The third kappa shape index (κ3) is 7.11. The average molecular weight is 259 g/mol. The topological polar surface area (TPSA) is 72.9 Å². The zero-order valence-corrected chi connectivity index (χ0v) is 11.9. The number of nitrogens with one attached hydrogen (secondary N) is 1. The van der Waals surface area contributed by atoms with Gasteiger partial charge in [-0.3, -0.25) is 4.79 Å². The van der Waals surface area contributed by atoms with Crippen molar-refractivity contribution >= 4 is 12.0 Å². The first-order valence-electron chi connectivity index (χ1n) is 6.17. The van der Waals surface area contributed by atoms with E-state index >= 15 is 0 Å². The summed E-state index contributed by atoms with van der Waals surface area (Å²) in [5.74, 6) is -0.682. The number of rotatable bonds is 7. The first kappa shape index (κ1) is 16.7. The Bertz CT molecular complexity index is 280. The van der Waals surface area contributed by atoms with Gasteiger partial charge in [0.2, 0.25) is 0 Å². The molecule has 18 heavy (non-hydrogen) atoms. The van der Waals surface area contributed by atoms with Crippen molar-refractivity contribution in [3.05, 3.63) is 0 Å². The van der Waals surface area contributed by atoms with Gasteiger partial charge in [-0.15, -0.1) is 0 Å². The van der Waals surface area contributed by atoms with Crippen LogP contribution in [0.2, 0.25) is 0 Å². The zero-order chi connectivity index (χ0) is 14.3. The van der Waals surface area contributed by atoms with Crippen LogP contribution in [0.3, 0.4) is 0 Å². The predicted molar refractivity (Wildman–Crippen MR) is 70.6 cm³/mol. The summed E-state index contributed by atoms with van der Waals surface area (Å²) in [5, 5.41) is 11.2. The number of carbonyl (C=O) groups is 2. The summed E-state index contributed by atoms with van der Waals surface area (Å²) < 4.78 is 0. The molecule has 0 unspecified atom stereocenters. The average Bonchev–Trinajstić information content (AvgIpc) is 2.22. The molecule has 0 heterocycles. The molecule has 6 heteroatoms. The van der Waals surface area contributed by atoms with Crippen molar-refractivity contribution in [1.29, 1.82) is 0 Å². The molecular weight excluding hydrogens is 234 g/mol. The highest BCUT2D eigenvalue weighted by atomic mass is 16.4. The minimum absolute atomic E-state index is 0.319. The van der Waals surface area contributed by atoms with E-state index in [4.69, 9.17) is 5.11 Å². The van der Waals surface area contributed by atoms with Gasteiger partial charge in [-0.2, -0.15) is 0 Å². The second-order valence-electron chi connectivity index (χ2n) is 5.15. The lowest BCUT2D eigenvalue weighted by atomic mass is 10.2. The minimum Gasteiger partial charge on any atom is -0.480 e. The summed E-state index contributed by atoms with van der Waals surface area (Å²) in [6.07, 6.45) is 0. The molecule has 0 bridgehead atoms. The van der Waals surface area contributed by atoms with Gasteiger partial charge in [0, 0.05) is 19.6 Å². The molecule has 0 aliphatic rings. The first-order valence-corrected chi connectivity index (χ1v) is 6.17. The lowest BCUT2D eigenvalue weighted by Gasteiger charge is -2.27. The van der Waals surface area contributed by atoms with E-state index in [0.717, 1.165) is 6.54 Å². The van der Waals surface area contributed by atoms with Crippen molar-refractivity contribution in [2.45, 2.75) is 26.8 Å². The number of likely N-dealkylation sites (N-methyl/N-ethyl adjacent to an activating group) is 1. The van der Waals surface area contributed by atoms with Crippen molar-refractivity contribution in [3.8, 4) is 0 Å². The summed E-state index contributed by atoms with van der Waals surface area (Å²) in [7, 11) is 3.87. The van der Waals surface area contributed by atoms with Crippen LogP contribution in [0.5, 0.6) is 0 Å². The molecule has 2 N–H and O–H groups in total. The van der Waals surface area contributed by atoms with E-state index in [1.165, 1.54) is 6.92 Å². The van der Waals surface area contributed by atoms with E-state index < -0.39 is 12.0 Å². The number of carbonyl (C=O) groups excluding carboxylic acids is 1. The third-order valence-electron chi connectivity index (χ3n) is 2.40. The highest BCUT2D eigenvalue weighted by Crippen LogP contribution is 2.00. The van der Waals surface area contributed by atoms with E-state index in [1.807, 2.05) is 32.8 Å². The van der Waals surface area contributed by atoms with Gasteiger partial charge in [-0.25, -0.2) is 4.79 Å². The number of carboxylic acids is 1. The first-order chi connectivity index (χ1) is 8.23. The number of aliphatic carboxylic acids is 1. The second kappa shape index (κ2) is 7.92. The van der Waals surface area contributed by atoms with Crippen molar-refractivity contribution < 1.29 is 14.7 Å². The second-order valence-corrected chi connectivity index (χ2v) is 5.15. The van der Waals surface area contributed by atoms with Gasteiger partial charge in [-0.1, -0.05) is 13.8 Å². The smallest absolute Gasteiger partial charge is 0.325 e. The van der Waals surface area contributed by atoms with Crippen LogP contribution in [-0.2, 0) is 4.79 Å². The van der Waals surface area contributed by atoms with Gasteiger partial charge in [0.05, 0.1) is 0 Å². The fourth-order valence-corrected chi connectivity index (χ4v) is 1.38. The van der Waals surface area contributed by atoms with Crippen LogP contribution in [0.15, 0.2) is 0 Å². The van der Waals surface area contributed by atoms with Crippen molar-refractivity contribution in [2.75, 3.05) is 33.7 Å². The SMILES string of the molecule is CC(C)CN(CCN(C)C)C(=O)N[C@H](C)C(=O)O. The molecule has 106 valence electrons. The monoisotopic (exact) mass is 259 g/mol. The van der Waals surface area contributed by atoms with Crippen LogP contribution < -0.4 is 5.32 Å². The van der Waals surface area contributed by atoms with Crippen molar-refractivity contribution in [2.24, 2.45) is 5.92 Å². The van der Waals surface area contributed by atoms with Crippen LogP contribution in [0.4, 0.5) is 4.79 Å². The standard InChI is InChI=1S/C12H25N3O3/c1-9(2)8-15(7-6-14(4)5)12(18)13-10(3)11(16)17/h9-10H,6-8H2,1-5H3,(H,13,18)(H,16,17)/t10-/m1/s1. The summed E-state index contributed by atoms with van der Waals surface area (Å²) in [5.41, 5.74) is 0. The number of hydrogen-bond donors (Lipinski definition) is 2. The molecule has 2 amide bonds.